The van der Waals surface area contributed by atoms with Crippen LogP contribution in [0.5, 0.6) is 0 Å². The van der Waals surface area contributed by atoms with Crippen molar-refractivity contribution >= 4 is 5.91 Å². The summed E-state index contributed by atoms with van der Waals surface area (Å²) >= 11 is 0. The summed E-state index contributed by atoms with van der Waals surface area (Å²) in [5.74, 6) is 1.81. The lowest BCUT2D eigenvalue weighted by atomic mass is 9.61. The molecule has 3 aliphatic rings. The minimum atomic E-state index is 0.0314. The van der Waals surface area contributed by atoms with E-state index < -0.39 is 0 Å². The topological polar surface area (TPSA) is 51.2 Å². The zero-order valence-corrected chi connectivity index (χ0v) is 13.1. The van der Waals surface area contributed by atoms with Crippen molar-refractivity contribution in [2.75, 3.05) is 6.61 Å². The van der Waals surface area contributed by atoms with E-state index in [1.54, 1.807) is 6.20 Å². The molecule has 1 amide bonds. The minimum Gasteiger partial charge on any atom is -0.377 e. The molecule has 1 N–H and O–H groups in total. The predicted octanol–water partition coefficient (Wildman–Crippen LogP) is 2.71. The summed E-state index contributed by atoms with van der Waals surface area (Å²) in [5.41, 5.74) is 1.51. The lowest BCUT2D eigenvalue weighted by Gasteiger charge is -2.50. The average molecular weight is 300 g/mol. The molecule has 0 radical (unpaired) electrons. The van der Waals surface area contributed by atoms with Crippen LogP contribution in [0.2, 0.25) is 0 Å². The standard InChI is InChI=1S/C18H24N2O2/c1-11-13(7-4-9-19-11)18(21)20-16-14-8-10-22-17(14)15(16)12-5-2-3-6-12/h4,7,9,12,14-17H,2-3,5-6,8,10H2,1H3,(H,20,21)/t14-,15+,16+,17-/m0/s1. The highest BCUT2D eigenvalue weighted by atomic mass is 16.5. The number of rotatable bonds is 3. The number of pyridine rings is 1. The Morgan fingerprint density at radius 1 is 1.32 bits per heavy atom. The molecule has 2 saturated carbocycles. The van der Waals surface area contributed by atoms with Crippen LogP contribution in [-0.2, 0) is 4.74 Å². The maximum absolute atomic E-state index is 12.6. The second-order valence-corrected chi connectivity index (χ2v) is 7.05. The number of nitrogens with zero attached hydrogens (tertiary/aromatic N) is 1. The van der Waals surface area contributed by atoms with E-state index in [0.717, 1.165) is 24.6 Å². The van der Waals surface area contributed by atoms with Crippen molar-refractivity contribution in [3.05, 3.63) is 29.6 Å². The van der Waals surface area contributed by atoms with E-state index in [0.29, 0.717) is 29.5 Å². The van der Waals surface area contributed by atoms with Crippen molar-refractivity contribution < 1.29 is 9.53 Å². The number of carbonyl (C=O) groups excluding carboxylic acids is 1. The van der Waals surface area contributed by atoms with Crippen molar-refractivity contribution in [1.29, 1.82) is 0 Å². The zero-order chi connectivity index (χ0) is 15.1. The Morgan fingerprint density at radius 3 is 2.91 bits per heavy atom. The maximum Gasteiger partial charge on any atom is 0.253 e. The van der Waals surface area contributed by atoms with Crippen LogP contribution in [0, 0.1) is 24.7 Å². The molecule has 1 aliphatic heterocycles. The van der Waals surface area contributed by atoms with Gasteiger partial charge in [0.15, 0.2) is 0 Å². The first-order valence-corrected chi connectivity index (χ1v) is 8.60. The van der Waals surface area contributed by atoms with Crippen molar-refractivity contribution in [3.63, 3.8) is 0 Å². The second kappa shape index (κ2) is 5.65. The zero-order valence-electron chi connectivity index (χ0n) is 13.1. The lowest BCUT2D eigenvalue weighted by molar-refractivity contribution is -0.0784. The molecule has 22 heavy (non-hydrogen) atoms. The molecule has 1 aromatic rings. The molecule has 0 bridgehead atoms. The highest BCUT2D eigenvalue weighted by molar-refractivity contribution is 5.95. The summed E-state index contributed by atoms with van der Waals surface area (Å²) in [6.45, 7) is 2.75. The van der Waals surface area contributed by atoms with Gasteiger partial charge < -0.3 is 10.1 Å². The fourth-order valence-corrected chi connectivity index (χ4v) is 4.81. The van der Waals surface area contributed by atoms with Gasteiger partial charge in [0.2, 0.25) is 0 Å². The number of aromatic nitrogens is 1. The first kappa shape index (κ1) is 14.2. The van der Waals surface area contributed by atoms with Crippen LogP contribution in [0.15, 0.2) is 18.3 Å². The van der Waals surface area contributed by atoms with Gasteiger partial charge in [0, 0.05) is 36.4 Å². The van der Waals surface area contributed by atoms with Crippen LogP contribution >= 0.6 is 0 Å². The first-order valence-electron chi connectivity index (χ1n) is 8.60. The van der Waals surface area contributed by atoms with E-state index in [-0.39, 0.29) is 5.91 Å². The molecule has 4 heteroatoms. The smallest absolute Gasteiger partial charge is 0.253 e. The summed E-state index contributed by atoms with van der Waals surface area (Å²) in [4.78, 5) is 16.9. The van der Waals surface area contributed by atoms with E-state index in [2.05, 4.69) is 10.3 Å². The molecular weight excluding hydrogens is 276 g/mol. The molecule has 1 saturated heterocycles. The summed E-state index contributed by atoms with van der Waals surface area (Å²) in [7, 11) is 0. The molecule has 2 heterocycles. The van der Waals surface area contributed by atoms with E-state index in [4.69, 9.17) is 4.74 Å². The van der Waals surface area contributed by atoms with Crippen molar-refractivity contribution in [3.8, 4) is 0 Å². The Bertz CT molecular complexity index is 563. The fraction of sp³-hybridized carbons (Fsp3) is 0.667. The molecule has 118 valence electrons. The quantitative estimate of drug-likeness (QED) is 0.934. The SMILES string of the molecule is Cc1ncccc1C(=O)N[C@@H]1[C@@H]2CCO[C@@H]2[C@@H]1C1CCCC1. The van der Waals surface area contributed by atoms with E-state index in [9.17, 15) is 4.79 Å². The van der Waals surface area contributed by atoms with E-state index in [1.165, 1.54) is 25.7 Å². The number of amides is 1. The molecule has 3 fully saturated rings. The van der Waals surface area contributed by atoms with Gasteiger partial charge in [0.25, 0.3) is 5.91 Å². The van der Waals surface area contributed by atoms with Gasteiger partial charge in [0.05, 0.1) is 11.7 Å². The van der Waals surface area contributed by atoms with Crippen LogP contribution in [0.25, 0.3) is 0 Å². The monoisotopic (exact) mass is 300 g/mol. The Labute approximate surface area is 131 Å². The van der Waals surface area contributed by atoms with Crippen LogP contribution < -0.4 is 5.32 Å². The summed E-state index contributed by atoms with van der Waals surface area (Å²) in [5, 5.41) is 3.31. The number of hydrogen-bond donors (Lipinski definition) is 1. The van der Waals surface area contributed by atoms with Crippen molar-refractivity contribution in [1.82, 2.24) is 10.3 Å². The summed E-state index contributed by atoms with van der Waals surface area (Å²) < 4.78 is 5.95. The summed E-state index contributed by atoms with van der Waals surface area (Å²) in [6, 6.07) is 3.99. The predicted molar refractivity (Wildman–Crippen MR) is 83.5 cm³/mol. The lowest BCUT2D eigenvalue weighted by Crippen LogP contribution is -2.63. The molecule has 0 spiro atoms. The van der Waals surface area contributed by atoms with Gasteiger partial charge in [-0.15, -0.1) is 0 Å². The van der Waals surface area contributed by atoms with Crippen LogP contribution in [0.3, 0.4) is 0 Å². The van der Waals surface area contributed by atoms with Crippen molar-refractivity contribution in [2.45, 2.75) is 51.2 Å². The first-order chi connectivity index (χ1) is 10.8. The molecule has 4 atom stereocenters. The second-order valence-electron chi connectivity index (χ2n) is 7.05. The van der Waals surface area contributed by atoms with Crippen molar-refractivity contribution in [2.24, 2.45) is 17.8 Å². The van der Waals surface area contributed by atoms with Crippen LogP contribution in [0.1, 0.15) is 48.2 Å². The van der Waals surface area contributed by atoms with Crippen LogP contribution in [0.4, 0.5) is 0 Å². The van der Waals surface area contributed by atoms with Crippen LogP contribution in [-0.4, -0.2) is 29.6 Å². The van der Waals surface area contributed by atoms with E-state index in [1.807, 2.05) is 19.1 Å². The molecule has 2 aliphatic carbocycles. The van der Waals surface area contributed by atoms with Gasteiger partial charge in [-0.25, -0.2) is 0 Å². The number of carbonyl (C=O) groups is 1. The van der Waals surface area contributed by atoms with Gasteiger partial charge in [0.1, 0.15) is 0 Å². The van der Waals surface area contributed by atoms with Gasteiger partial charge in [-0.1, -0.05) is 25.7 Å². The van der Waals surface area contributed by atoms with Gasteiger partial charge >= 0.3 is 0 Å². The Hall–Kier alpha value is -1.42. The molecular formula is C18H24N2O2. The number of hydrogen-bond acceptors (Lipinski definition) is 3. The highest BCUT2D eigenvalue weighted by Crippen LogP contribution is 2.51. The normalized spacial score (nSPS) is 34.2. The number of fused-ring (bicyclic) bond motifs is 1. The summed E-state index contributed by atoms with van der Waals surface area (Å²) in [6.07, 6.45) is 8.48. The number of nitrogens with one attached hydrogen (secondary N) is 1. The third-order valence-electron chi connectivity index (χ3n) is 5.93. The largest absolute Gasteiger partial charge is 0.377 e. The van der Waals surface area contributed by atoms with E-state index >= 15 is 0 Å². The number of ether oxygens (including phenoxy) is 1. The molecule has 0 unspecified atom stereocenters. The van der Waals surface area contributed by atoms with Gasteiger partial charge in [-0.2, -0.15) is 0 Å². The Morgan fingerprint density at radius 2 is 2.14 bits per heavy atom. The third-order valence-corrected chi connectivity index (χ3v) is 5.93. The third kappa shape index (κ3) is 2.24. The fourth-order valence-electron chi connectivity index (χ4n) is 4.81. The molecule has 0 aromatic carbocycles. The highest BCUT2D eigenvalue weighted by Gasteiger charge is 2.57. The van der Waals surface area contributed by atoms with Gasteiger partial charge in [-0.05, 0) is 31.4 Å². The molecule has 4 rings (SSSR count). The Kier molecular flexibility index (Phi) is 3.65. The molecule has 1 aromatic heterocycles. The van der Waals surface area contributed by atoms with Gasteiger partial charge in [-0.3, -0.25) is 9.78 Å². The maximum atomic E-state index is 12.6. The average Bonchev–Trinajstić information content (AvgIpc) is 3.16. The minimum absolute atomic E-state index is 0.0314. The Balaban J connectivity index is 1.50. The molecule has 4 nitrogen and oxygen atoms in total. The number of aryl methyl sites for hydroxylation is 1.